The Morgan fingerprint density at radius 1 is 1.35 bits per heavy atom. The Morgan fingerprint density at radius 2 is 2.06 bits per heavy atom. The van der Waals surface area contributed by atoms with E-state index in [-0.39, 0.29) is 11.9 Å². The predicted octanol–water partition coefficient (Wildman–Crippen LogP) is 2.46. The Balaban J connectivity index is 2.09. The van der Waals surface area contributed by atoms with Crippen molar-refractivity contribution < 1.29 is 4.79 Å². The van der Waals surface area contributed by atoms with Crippen LogP contribution in [0.3, 0.4) is 0 Å². The first-order valence-corrected chi connectivity index (χ1v) is 7.08. The summed E-state index contributed by atoms with van der Waals surface area (Å²) < 4.78 is 0. The number of rotatable bonds is 8. The molecule has 1 rings (SSSR count). The average molecular weight is 240 g/mol. The van der Waals surface area contributed by atoms with Crippen LogP contribution in [0.5, 0.6) is 0 Å². The minimum Gasteiger partial charge on any atom is -0.355 e. The Kier molecular flexibility index (Phi) is 5.96. The molecule has 0 heterocycles. The van der Waals surface area contributed by atoms with E-state index in [1.54, 1.807) is 0 Å². The van der Waals surface area contributed by atoms with E-state index in [2.05, 4.69) is 24.5 Å². The molecule has 1 atom stereocenters. The molecule has 1 aliphatic rings. The SMILES string of the molecule is CCCCCNC(=O)C(C)NCC1(C)CCC1. The minimum absolute atomic E-state index is 0.0611. The predicted molar refractivity (Wildman–Crippen MR) is 72.0 cm³/mol. The number of carbonyl (C=O) groups is 1. The second-order valence-electron chi connectivity index (χ2n) is 5.76. The molecule has 0 aromatic rings. The lowest BCUT2D eigenvalue weighted by Gasteiger charge is -2.39. The van der Waals surface area contributed by atoms with Gasteiger partial charge in [-0.1, -0.05) is 33.1 Å². The topological polar surface area (TPSA) is 41.1 Å². The quantitative estimate of drug-likeness (QED) is 0.640. The van der Waals surface area contributed by atoms with Gasteiger partial charge in [0.05, 0.1) is 6.04 Å². The Bertz CT molecular complexity index is 236. The molecule has 0 saturated heterocycles. The van der Waals surface area contributed by atoms with E-state index in [1.165, 1.54) is 32.1 Å². The summed E-state index contributed by atoms with van der Waals surface area (Å²) >= 11 is 0. The van der Waals surface area contributed by atoms with Crippen LogP contribution in [0.1, 0.15) is 59.3 Å². The van der Waals surface area contributed by atoms with Crippen LogP contribution in [0.25, 0.3) is 0 Å². The average Bonchev–Trinajstić information content (AvgIpc) is 2.28. The maximum Gasteiger partial charge on any atom is 0.236 e. The molecule has 0 aliphatic heterocycles. The van der Waals surface area contributed by atoms with Gasteiger partial charge in [-0.15, -0.1) is 0 Å². The summed E-state index contributed by atoms with van der Waals surface area (Å²) in [5.74, 6) is 0.143. The van der Waals surface area contributed by atoms with Gasteiger partial charge in [0.2, 0.25) is 5.91 Å². The third kappa shape index (κ3) is 5.07. The van der Waals surface area contributed by atoms with Gasteiger partial charge in [-0.25, -0.2) is 0 Å². The van der Waals surface area contributed by atoms with E-state index in [4.69, 9.17) is 0 Å². The van der Waals surface area contributed by atoms with Gasteiger partial charge in [0.1, 0.15) is 0 Å². The molecule has 2 N–H and O–H groups in total. The molecule has 0 aromatic heterocycles. The standard InChI is InChI=1S/C14H28N2O/c1-4-5-6-10-15-13(17)12(2)16-11-14(3)8-7-9-14/h12,16H,4-11H2,1-3H3,(H,15,17). The molecule has 1 saturated carbocycles. The molecule has 0 bridgehead atoms. The fourth-order valence-electron chi connectivity index (χ4n) is 2.19. The Morgan fingerprint density at radius 3 is 2.59 bits per heavy atom. The van der Waals surface area contributed by atoms with Gasteiger partial charge in [0, 0.05) is 13.1 Å². The highest BCUT2D eigenvalue weighted by molar-refractivity contribution is 5.81. The maximum absolute atomic E-state index is 11.8. The largest absolute Gasteiger partial charge is 0.355 e. The normalized spacial score (nSPS) is 19.5. The van der Waals surface area contributed by atoms with Crippen molar-refractivity contribution in [1.82, 2.24) is 10.6 Å². The van der Waals surface area contributed by atoms with Crippen LogP contribution in [0.2, 0.25) is 0 Å². The summed E-state index contributed by atoms with van der Waals surface area (Å²) in [6.07, 6.45) is 7.42. The highest BCUT2D eigenvalue weighted by atomic mass is 16.2. The zero-order valence-corrected chi connectivity index (χ0v) is 11.6. The highest BCUT2D eigenvalue weighted by Gasteiger charge is 2.32. The van der Waals surface area contributed by atoms with E-state index >= 15 is 0 Å². The fraction of sp³-hybridized carbons (Fsp3) is 0.929. The second-order valence-corrected chi connectivity index (χ2v) is 5.76. The van der Waals surface area contributed by atoms with E-state index in [1.807, 2.05) is 6.92 Å². The van der Waals surface area contributed by atoms with Gasteiger partial charge in [-0.2, -0.15) is 0 Å². The summed E-state index contributed by atoms with van der Waals surface area (Å²) in [6, 6.07) is -0.0611. The van der Waals surface area contributed by atoms with Crippen LogP contribution < -0.4 is 10.6 Å². The summed E-state index contributed by atoms with van der Waals surface area (Å²) in [5, 5.41) is 6.34. The third-order valence-corrected chi connectivity index (χ3v) is 3.87. The summed E-state index contributed by atoms with van der Waals surface area (Å²) in [6.45, 7) is 8.21. The Labute approximate surface area is 106 Å². The summed E-state index contributed by atoms with van der Waals surface area (Å²) in [5.41, 5.74) is 0.441. The molecule has 1 fully saturated rings. The van der Waals surface area contributed by atoms with Crippen molar-refractivity contribution in [2.45, 2.75) is 65.3 Å². The van der Waals surface area contributed by atoms with Crippen LogP contribution in [-0.4, -0.2) is 25.0 Å². The lowest BCUT2D eigenvalue weighted by molar-refractivity contribution is -0.122. The van der Waals surface area contributed by atoms with Crippen molar-refractivity contribution in [2.75, 3.05) is 13.1 Å². The molecule has 3 heteroatoms. The number of unbranched alkanes of at least 4 members (excludes halogenated alkanes) is 2. The lowest BCUT2D eigenvalue weighted by atomic mass is 9.70. The van der Waals surface area contributed by atoms with Crippen molar-refractivity contribution >= 4 is 5.91 Å². The summed E-state index contributed by atoms with van der Waals surface area (Å²) in [7, 11) is 0. The van der Waals surface area contributed by atoms with Gasteiger partial charge in [-0.05, 0) is 31.6 Å². The van der Waals surface area contributed by atoms with Gasteiger partial charge in [0.25, 0.3) is 0 Å². The van der Waals surface area contributed by atoms with E-state index in [0.29, 0.717) is 5.41 Å². The molecule has 0 radical (unpaired) electrons. The maximum atomic E-state index is 11.8. The van der Waals surface area contributed by atoms with Crippen molar-refractivity contribution in [3.05, 3.63) is 0 Å². The molecule has 0 spiro atoms. The van der Waals surface area contributed by atoms with Gasteiger partial charge >= 0.3 is 0 Å². The molecule has 1 amide bonds. The van der Waals surface area contributed by atoms with Gasteiger partial charge in [0.15, 0.2) is 0 Å². The van der Waals surface area contributed by atoms with Gasteiger partial charge in [-0.3, -0.25) is 4.79 Å². The number of carbonyl (C=O) groups excluding carboxylic acids is 1. The molecule has 3 nitrogen and oxygen atoms in total. The number of hydrogen-bond acceptors (Lipinski definition) is 2. The highest BCUT2D eigenvalue weighted by Crippen LogP contribution is 2.39. The molecule has 1 aliphatic carbocycles. The lowest BCUT2D eigenvalue weighted by Crippen LogP contribution is -2.47. The smallest absolute Gasteiger partial charge is 0.236 e. The first kappa shape index (κ1) is 14.5. The first-order valence-electron chi connectivity index (χ1n) is 7.08. The third-order valence-electron chi connectivity index (χ3n) is 3.87. The van der Waals surface area contributed by atoms with Gasteiger partial charge < -0.3 is 10.6 Å². The zero-order valence-electron chi connectivity index (χ0n) is 11.6. The fourth-order valence-corrected chi connectivity index (χ4v) is 2.19. The van der Waals surface area contributed by atoms with Crippen LogP contribution in [-0.2, 0) is 4.79 Å². The van der Waals surface area contributed by atoms with E-state index in [9.17, 15) is 4.79 Å². The Hall–Kier alpha value is -0.570. The minimum atomic E-state index is -0.0611. The molecule has 100 valence electrons. The van der Waals surface area contributed by atoms with Crippen molar-refractivity contribution in [3.8, 4) is 0 Å². The van der Waals surface area contributed by atoms with Crippen LogP contribution in [0.4, 0.5) is 0 Å². The van der Waals surface area contributed by atoms with Crippen molar-refractivity contribution in [1.29, 1.82) is 0 Å². The zero-order chi connectivity index (χ0) is 12.7. The van der Waals surface area contributed by atoms with Crippen LogP contribution >= 0.6 is 0 Å². The van der Waals surface area contributed by atoms with Crippen molar-refractivity contribution in [3.63, 3.8) is 0 Å². The van der Waals surface area contributed by atoms with Crippen LogP contribution in [0, 0.1) is 5.41 Å². The number of hydrogen-bond donors (Lipinski definition) is 2. The molecular formula is C14H28N2O. The van der Waals surface area contributed by atoms with Crippen molar-refractivity contribution in [2.24, 2.45) is 5.41 Å². The van der Waals surface area contributed by atoms with Crippen LogP contribution in [0.15, 0.2) is 0 Å². The first-order chi connectivity index (χ1) is 8.07. The summed E-state index contributed by atoms with van der Waals surface area (Å²) in [4.78, 5) is 11.8. The molecule has 1 unspecified atom stereocenters. The second kappa shape index (κ2) is 7.00. The number of amides is 1. The number of nitrogens with one attached hydrogen (secondary N) is 2. The monoisotopic (exact) mass is 240 g/mol. The van der Waals surface area contributed by atoms with E-state index < -0.39 is 0 Å². The molecule has 0 aromatic carbocycles. The van der Waals surface area contributed by atoms with E-state index in [0.717, 1.165) is 19.5 Å². The molecule has 17 heavy (non-hydrogen) atoms. The molecular weight excluding hydrogens is 212 g/mol.